The molecule has 8 heteroatoms. The Hall–Kier alpha value is -4.17. The van der Waals surface area contributed by atoms with Gasteiger partial charge in [-0.3, -0.25) is 4.79 Å². The van der Waals surface area contributed by atoms with Crippen molar-refractivity contribution in [2.45, 2.75) is 6.92 Å². The zero-order valence-corrected chi connectivity index (χ0v) is 21.4. The number of carbonyl (C=O) groups excluding carboxylic acids is 1. The number of ether oxygens (including phenoxy) is 4. The summed E-state index contributed by atoms with van der Waals surface area (Å²) in [6.45, 7) is 2.54. The van der Waals surface area contributed by atoms with Gasteiger partial charge in [0.05, 0.1) is 25.4 Å². The van der Waals surface area contributed by atoms with Crippen molar-refractivity contribution in [1.82, 2.24) is 4.98 Å². The lowest BCUT2D eigenvalue weighted by atomic mass is 9.97. The number of aryl methyl sites for hydroxylation is 1. The van der Waals surface area contributed by atoms with Crippen LogP contribution in [-0.2, 0) is 0 Å². The Kier molecular flexibility index (Phi) is 6.92. The fourth-order valence-corrected chi connectivity index (χ4v) is 4.89. The zero-order valence-electron chi connectivity index (χ0n) is 20.5. The largest absolute Gasteiger partial charge is 0.493 e. The number of methoxy groups -OCH3 is 2. The molecular formula is C29H24FNO5S. The molecule has 0 fully saturated rings. The van der Waals surface area contributed by atoms with E-state index >= 15 is 0 Å². The SMILES string of the molecule is COc1ccc(OCCOc2ccc3c(c2)C(=O)C(c2ccc(F)cc2)=C3c2ncsc2C)cc1OC. The standard InChI is InChI=1S/C29H24FNO5S/c1-17-28(31-16-37-17)27-22-10-8-20(14-23(22)29(32)26(27)18-4-6-19(30)7-5-18)35-12-13-36-21-9-11-24(33-2)25(15-21)34-3/h4-11,14-16H,12-13H2,1-3H3. The smallest absolute Gasteiger partial charge is 0.195 e. The van der Waals surface area contributed by atoms with Gasteiger partial charge in [0.1, 0.15) is 30.5 Å². The summed E-state index contributed by atoms with van der Waals surface area (Å²) < 4.78 is 35.8. The molecular weight excluding hydrogens is 493 g/mol. The van der Waals surface area contributed by atoms with Crippen molar-refractivity contribution in [2.24, 2.45) is 0 Å². The number of hydrogen-bond acceptors (Lipinski definition) is 7. The van der Waals surface area contributed by atoms with Crippen molar-refractivity contribution in [3.8, 4) is 23.0 Å². The topological polar surface area (TPSA) is 66.9 Å². The van der Waals surface area contributed by atoms with Crippen LogP contribution < -0.4 is 18.9 Å². The first-order valence-corrected chi connectivity index (χ1v) is 12.5. The van der Waals surface area contributed by atoms with Gasteiger partial charge in [0.15, 0.2) is 17.3 Å². The lowest BCUT2D eigenvalue weighted by Crippen LogP contribution is -2.09. The maximum absolute atomic E-state index is 13.6. The lowest BCUT2D eigenvalue weighted by molar-refractivity contribution is 0.105. The summed E-state index contributed by atoms with van der Waals surface area (Å²) in [5.74, 6) is 1.88. The third-order valence-electron chi connectivity index (χ3n) is 6.07. The van der Waals surface area contributed by atoms with Gasteiger partial charge >= 0.3 is 0 Å². The number of halogens is 1. The number of aromatic nitrogens is 1. The van der Waals surface area contributed by atoms with Gasteiger partial charge in [0.2, 0.25) is 0 Å². The quantitative estimate of drug-likeness (QED) is 0.246. The van der Waals surface area contributed by atoms with Gasteiger partial charge in [-0.15, -0.1) is 11.3 Å². The number of ketones is 1. The molecule has 1 aliphatic rings. The fraction of sp³-hybridized carbons (Fsp3) is 0.172. The molecule has 0 saturated heterocycles. The highest BCUT2D eigenvalue weighted by atomic mass is 32.1. The summed E-state index contributed by atoms with van der Waals surface area (Å²) in [5, 5.41) is 0. The molecule has 3 aromatic carbocycles. The van der Waals surface area contributed by atoms with E-state index in [0.717, 1.165) is 21.7 Å². The number of Topliss-reactive ketones (excluding diaryl/α,β-unsaturated/α-hetero) is 1. The number of thiazole rings is 1. The van der Waals surface area contributed by atoms with Crippen LogP contribution in [-0.4, -0.2) is 38.2 Å². The van der Waals surface area contributed by atoms with Crippen molar-refractivity contribution >= 4 is 28.3 Å². The van der Waals surface area contributed by atoms with Crippen molar-refractivity contribution in [1.29, 1.82) is 0 Å². The second-order valence-electron chi connectivity index (χ2n) is 8.26. The Labute approximate surface area is 217 Å². The number of hydrogen-bond donors (Lipinski definition) is 0. The predicted molar refractivity (Wildman–Crippen MR) is 140 cm³/mol. The highest BCUT2D eigenvalue weighted by Gasteiger charge is 2.33. The second kappa shape index (κ2) is 10.4. The van der Waals surface area contributed by atoms with E-state index < -0.39 is 0 Å². The molecule has 188 valence electrons. The first-order chi connectivity index (χ1) is 18.0. The van der Waals surface area contributed by atoms with Crippen LogP contribution in [0.1, 0.15) is 32.1 Å². The molecule has 6 nitrogen and oxygen atoms in total. The van der Waals surface area contributed by atoms with Gasteiger partial charge in [-0.1, -0.05) is 12.1 Å². The zero-order chi connectivity index (χ0) is 25.9. The van der Waals surface area contributed by atoms with E-state index in [1.54, 1.807) is 56.1 Å². The summed E-state index contributed by atoms with van der Waals surface area (Å²) in [6.07, 6.45) is 0. The maximum Gasteiger partial charge on any atom is 0.195 e. The molecule has 0 N–H and O–H groups in total. The lowest BCUT2D eigenvalue weighted by Gasteiger charge is -2.12. The highest BCUT2D eigenvalue weighted by Crippen LogP contribution is 2.44. The van der Waals surface area contributed by atoms with E-state index in [9.17, 15) is 9.18 Å². The van der Waals surface area contributed by atoms with Gasteiger partial charge in [-0.25, -0.2) is 9.37 Å². The first-order valence-electron chi connectivity index (χ1n) is 11.6. The molecule has 37 heavy (non-hydrogen) atoms. The van der Waals surface area contributed by atoms with Crippen molar-refractivity contribution in [3.63, 3.8) is 0 Å². The number of nitrogens with zero attached hydrogens (tertiary/aromatic N) is 1. The Balaban J connectivity index is 1.35. The third-order valence-corrected chi connectivity index (χ3v) is 6.83. The number of benzene rings is 3. The minimum Gasteiger partial charge on any atom is -0.493 e. The molecule has 0 spiro atoms. The molecule has 0 radical (unpaired) electrons. The van der Waals surface area contributed by atoms with E-state index in [2.05, 4.69) is 4.98 Å². The minimum atomic E-state index is -0.357. The summed E-state index contributed by atoms with van der Waals surface area (Å²) >= 11 is 1.52. The number of fused-ring (bicyclic) bond motifs is 1. The van der Waals surface area contributed by atoms with Gasteiger partial charge in [-0.05, 0) is 60.5 Å². The Morgan fingerprint density at radius 3 is 2.14 bits per heavy atom. The van der Waals surface area contributed by atoms with Crippen LogP contribution >= 0.6 is 11.3 Å². The van der Waals surface area contributed by atoms with E-state index in [4.69, 9.17) is 18.9 Å². The Morgan fingerprint density at radius 1 is 0.811 bits per heavy atom. The monoisotopic (exact) mass is 517 g/mol. The third kappa shape index (κ3) is 4.80. The normalized spacial score (nSPS) is 12.5. The van der Waals surface area contributed by atoms with Gasteiger partial charge in [-0.2, -0.15) is 0 Å². The molecule has 0 atom stereocenters. The van der Waals surface area contributed by atoms with Crippen LogP contribution in [0.3, 0.4) is 0 Å². The first kappa shape index (κ1) is 24.5. The molecule has 1 aliphatic carbocycles. The number of allylic oxidation sites excluding steroid dienone is 1. The average Bonchev–Trinajstić information content (AvgIpc) is 3.46. The minimum absolute atomic E-state index is 0.143. The summed E-state index contributed by atoms with van der Waals surface area (Å²) in [7, 11) is 3.14. The van der Waals surface area contributed by atoms with E-state index in [1.165, 1.54) is 23.5 Å². The van der Waals surface area contributed by atoms with Crippen LogP contribution in [0, 0.1) is 12.7 Å². The van der Waals surface area contributed by atoms with Crippen LogP contribution in [0.4, 0.5) is 4.39 Å². The number of rotatable bonds is 9. The van der Waals surface area contributed by atoms with Crippen molar-refractivity contribution in [2.75, 3.05) is 27.4 Å². The van der Waals surface area contributed by atoms with Crippen LogP contribution in [0.25, 0.3) is 11.1 Å². The maximum atomic E-state index is 13.6. The highest BCUT2D eigenvalue weighted by molar-refractivity contribution is 7.09. The van der Waals surface area contributed by atoms with E-state index in [-0.39, 0.29) is 18.2 Å². The van der Waals surface area contributed by atoms with Crippen molar-refractivity contribution in [3.05, 3.63) is 99.3 Å². The van der Waals surface area contributed by atoms with Gasteiger partial charge < -0.3 is 18.9 Å². The summed E-state index contributed by atoms with van der Waals surface area (Å²) in [4.78, 5) is 19.1. The van der Waals surface area contributed by atoms with Gasteiger partial charge in [0, 0.05) is 27.7 Å². The summed E-state index contributed by atoms with van der Waals surface area (Å²) in [5.41, 5.74) is 5.75. The molecule has 1 heterocycles. The molecule has 0 saturated carbocycles. The molecule has 0 bridgehead atoms. The predicted octanol–water partition coefficient (Wildman–Crippen LogP) is 6.22. The molecule has 0 aliphatic heterocycles. The summed E-state index contributed by atoms with van der Waals surface area (Å²) in [6, 6.07) is 16.7. The van der Waals surface area contributed by atoms with Gasteiger partial charge in [0.25, 0.3) is 0 Å². The Morgan fingerprint density at radius 2 is 1.49 bits per heavy atom. The van der Waals surface area contributed by atoms with Crippen molar-refractivity contribution < 1.29 is 28.1 Å². The number of carbonyl (C=O) groups is 1. The molecule has 5 rings (SSSR count). The van der Waals surface area contributed by atoms with Crippen LogP contribution in [0.15, 0.2) is 66.2 Å². The Bertz CT molecular complexity index is 1490. The van der Waals surface area contributed by atoms with E-state index in [0.29, 0.717) is 46.3 Å². The fourth-order valence-electron chi connectivity index (χ4n) is 4.31. The van der Waals surface area contributed by atoms with Crippen LogP contribution in [0.2, 0.25) is 0 Å². The second-order valence-corrected chi connectivity index (χ2v) is 9.32. The molecule has 4 aromatic rings. The molecule has 0 amide bonds. The molecule has 0 unspecified atom stereocenters. The average molecular weight is 518 g/mol. The van der Waals surface area contributed by atoms with Crippen LogP contribution in [0.5, 0.6) is 23.0 Å². The molecule has 1 aromatic heterocycles. The van der Waals surface area contributed by atoms with E-state index in [1.807, 2.05) is 19.1 Å².